The molecule has 0 bridgehead atoms. The van der Waals surface area contributed by atoms with Crippen molar-refractivity contribution in [2.45, 2.75) is 127 Å². The number of ether oxygens (including phenoxy) is 2. The van der Waals surface area contributed by atoms with Crippen molar-refractivity contribution in [1.29, 1.82) is 0 Å². The Kier molecular flexibility index (Phi) is 27.2. The van der Waals surface area contributed by atoms with Crippen molar-refractivity contribution in [3.05, 3.63) is 243 Å². The number of rotatable bonds is 26. The number of hydrazine groups is 1. The van der Waals surface area contributed by atoms with Crippen LogP contribution in [-0.2, 0) is 54.7 Å². The zero-order chi connectivity index (χ0) is 87.8. The first-order chi connectivity index (χ1) is 59.6. The standard InChI is InChI=1S/C38H32ClN7O6S2.C26H29Cl2N5O4S.C23H20ClN7O/c1-23-15-16-26(54(50,51)44-28-12-6-5-11-27(28)39)19-29(23)43-36(48)34(38(49)45-18-17-25-10-4-7-13-30(25)45)46-22-42-33-35(46)40-21-41-37(33)53-20-32(47)52-31-14-8-3-9-24(31)2;1-4-6-9-37-19(34)12-38-25-20-23(29-13-30-25)33(14-31-20)21(22(35)26(5-2)7-8-26)24(36)32-18-10-15(3)16(27)11-17(18)28;1-13-8-9-16(24)17(10-13)28-21-20(30-12-27-19-15(3)25-11-26-22(19)30)23(32)31(29-21)18-7-5-4-6-14(18)2/h3-16,19,21-22,34,44H,17-18,20H2,1-2H3,(H,43,48);10-11,13-14,21H,4-9,12H2,1-3H3,(H,32,36);4-12,20H,1-3H3,(H,28,29). The van der Waals surface area contributed by atoms with Gasteiger partial charge in [0.05, 0.1) is 85.5 Å². The van der Waals surface area contributed by atoms with Gasteiger partial charge in [-0.3, -0.25) is 57.4 Å². The number of unbranched alkanes of at least 4 members (excludes halogenated alkanes) is 1. The number of anilines is 5. The van der Waals surface area contributed by atoms with E-state index in [1.807, 2.05) is 114 Å². The molecule has 0 spiro atoms. The number of aliphatic imine (C=N–C) groups is 1. The van der Waals surface area contributed by atoms with E-state index in [4.69, 9.17) is 60.9 Å². The van der Waals surface area contributed by atoms with Gasteiger partial charge < -0.3 is 25.0 Å². The lowest BCUT2D eigenvalue weighted by Gasteiger charge is -2.25. The highest BCUT2D eigenvalue weighted by atomic mass is 35.5. The lowest BCUT2D eigenvalue weighted by atomic mass is 9.91. The van der Waals surface area contributed by atoms with Crippen LogP contribution in [0.15, 0.2) is 203 Å². The van der Waals surface area contributed by atoms with E-state index in [0.29, 0.717) is 103 Å². The second kappa shape index (κ2) is 38.3. The van der Waals surface area contributed by atoms with E-state index in [-0.39, 0.29) is 66.6 Å². The number of benzene rings is 7. The van der Waals surface area contributed by atoms with Crippen LogP contribution in [0.25, 0.3) is 33.5 Å². The third-order valence-electron chi connectivity index (χ3n) is 21.0. The Morgan fingerprint density at radius 2 is 1.21 bits per heavy atom. The number of nitrogens with zero attached hydrogens (tertiary/aromatic N) is 15. The van der Waals surface area contributed by atoms with Crippen LogP contribution in [0.3, 0.4) is 0 Å². The van der Waals surface area contributed by atoms with Crippen LogP contribution >= 0.6 is 69.9 Å². The summed E-state index contributed by atoms with van der Waals surface area (Å²) < 4.78 is 44.6. The molecule has 3 atom stereocenters. The number of nitrogens with one attached hydrogen (secondary N) is 4. The highest BCUT2D eigenvalue weighted by Crippen LogP contribution is 2.52. The molecule has 37 heteroatoms. The summed E-state index contributed by atoms with van der Waals surface area (Å²) in [5, 5.41) is 9.38. The van der Waals surface area contributed by atoms with Crippen molar-refractivity contribution in [3.63, 3.8) is 0 Å². The zero-order valence-corrected chi connectivity index (χ0v) is 73.5. The van der Waals surface area contributed by atoms with Gasteiger partial charge in [0.2, 0.25) is 0 Å². The highest BCUT2D eigenvalue weighted by Gasteiger charge is 2.53. The van der Waals surface area contributed by atoms with Gasteiger partial charge in [-0.25, -0.2) is 63.3 Å². The highest BCUT2D eigenvalue weighted by molar-refractivity contribution is 8.00. The van der Waals surface area contributed by atoms with Crippen LogP contribution in [0.2, 0.25) is 20.1 Å². The number of aryl methyl sites for hydroxylation is 6. The minimum absolute atomic E-state index is 0.0545. The number of imidazole rings is 3. The summed E-state index contributed by atoms with van der Waals surface area (Å²) in [6.45, 7) is 15.8. The summed E-state index contributed by atoms with van der Waals surface area (Å²) in [7, 11) is -4.13. The molecule has 16 rings (SSSR count). The second-order valence-electron chi connectivity index (χ2n) is 29.4. The largest absolute Gasteiger partial charge is 0.465 e. The number of carbonyl (C=O) groups excluding carboxylic acids is 7. The van der Waals surface area contributed by atoms with Crippen molar-refractivity contribution in [1.82, 2.24) is 64.0 Å². The maximum absolute atomic E-state index is 14.5. The van der Waals surface area contributed by atoms with Crippen molar-refractivity contribution in [2.75, 3.05) is 49.9 Å². The maximum Gasteiger partial charge on any atom is 0.321 e. The zero-order valence-electron chi connectivity index (χ0n) is 68.1. The summed E-state index contributed by atoms with van der Waals surface area (Å²) in [4.78, 5) is 140. The van der Waals surface area contributed by atoms with E-state index >= 15 is 0 Å². The fourth-order valence-electron chi connectivity index (χ4n) is 14.0. The predicted octanol–water partition coefficient (Wildman–Crippen LogP) is 16.4. The number of Topliss-reactive ketones (excluding diaryl/α,β-unsaturated/α-hetero) is 1. The fourth-order valence-corrected chi connectivity index (χ4v) is 17.4. The molecule has 6 aromatic heterocycles. The minimum Gasteiger partial charge on any atom is -0.465 e. The summed E-state index contributed by atoms with van der Waals surface area (Å²) in [5.41, 5.74) is 13.5. The van der Waals surface area contributed by atoms with Crippen LogP contribution in [0.1, 0.15) is 103 Å². The molecule has 8 heterocycles. The lowest BCUT2D eigenvalue weighted by Crippen LogP contribution is -2.42. The Morgan fingerprint density at radius 3 is 1.90 bits per heavy atom. The molecule has 4 N–H and O–H groups in total. The number of aromatic nitrogens is 12. The summed E-state index contributed by atoms with van der Waals surface area (Å²) in [6.07, 6.45) is 12.8. The molecule has 2 aliphatic heterocycles. The van der Waals surface area contributed by atoms with Crippen molar-refractivity contribution in [2.24, 2.45) is 10.4 Å². The van der Waals surface area contributed by atoms with Gasteiger partial charge in [-0.2, -0.15) is 0 Å². The van der Waals surface area contributed by atoms with Gasteiger partial charge in [0.15, 0.2) is 46.7 Å². The fraction of sp³-hybridized carbons (Fsp3) is 0.253. The van der Waals surface area contributed by atoms with Gasteiger partial charge in [-0.05, 0) is 174 Å². The molecule has 7 aromatic carbocycles. The van der Waals surface area contributed by atoms with Gasteiger partial charge in [0.25, 0.3) is 33.7 Å². The predicted molar refractivity (Wildman–Crippen MR) is 478 cm³/mol. The van der Waals surface area contributed by atoms with E-state index < -0.39 is 57.3 Å². The smallest absolute Gasteiger partial charge is 0.321 e. The Balaban J connectivity index is 0.000000158. The number of amides is 4. The first-order valence-corrected chi connectivity index (χ1v) is 44.2. The monoisotopic (exact) mass is 1800 g/mol. The van der Waals surface area contributed by atoms with Gasteiger partial charge in [-0.15, -0.1) is 0 Å². The minimum atomic E-state index is -4.13. The van der Waals surface area contributed by atoms with Crippen LogP contribution in [0.5, 0.6) is 5.75 Å². The molecule has 1 aliphatic carbocycles. The molecule has 3 unspecified atom stereocenters. The first-order valence-electron chi connectivity index (χ1n) is 39.2. The number of sulfonamides is 1. The normalized spacial score (nSPS) is 14.7. The van der Waals surface area contributed by atoms with Gasteiger partial charge in [0.1, 0.15) is 51.3 Å². The Bertz CT molecular complexity index is 6510. The first kappa shape index (κ1) is 88.1. The summed E-state index contributed by atoms with van der Waals surface area (Å²) in [6, 6.07) is 38.3. The van der Waals surface area contributed by atoms with E-state index in [1.165, 1.54) is 75.7 Å². The number of para-hydroxylation sites is 4. The third-order valence-corrected chi connectivity index (χ3v) is 25.6. The number of fused-ring (bicyclic) bond motifs is 4. The van der Waals surface area contributed by atoms with Crippen molar-refractivity contribution < 1.29 is 51.5 Å². The van der Waals surface area contributed by atoms with E-state index in [2.05, 4.69) is 65.6 Å². The Hall–Kier alpha value is -12.2. The Morgan fingerprint density at radius 1 is 0.589 bits per heavy atom. The van der Waals surface area contributed by atoms with E-state index in [0.717, 1.165) is 76.6 Å². The number of hydrogen-bond acceptors (Lipinski definition) is 23. The number of hydrogen-bond donors (Lipinski definition) is 4. The number of thioether (sulfide) groups is 2. The lowest BCUT2D eigenvalue weighted by molar-refractivity contribution is -0.140. The second-order valence-corrected chi connectivity index (χ2v) is 34.6. The van der Waals surface area contributed by atoms with Crippen LogP contribution in [0.4, 0.5) is 34.1 Å². The maximum atomic E-state index is 14.5. The quantitative estimate of drug-likeness (QED) is 0.00977. The number of halogens is 4. The number of amidine groups is 1. The average Bonchev–Trinajstić information content (AvgIpc) is 1.52. The summed E-state index contributed by atoms with van der Waals surface area (Å²) in [5.74, 6) is -2.26. The molecule has 124 heavy (non-hydrogen) atoms. The molecule has 3 aliphatic rings. The molecule has 1 saturated carbocycles. The SMILES string of the molecule is CCCCOC(=O)CSc1ncnc2c1ncn2C(C(=O)Nc1cc(C)c(Cl)cc1Cl)C(=O)C1(CC)CC1.Cc1ccc(Cl)c(N=C2NN(c3ccccc3C)C(=O)C2n2cnc3c(C)ncnc32)c1.Cc1ccc(S(=O)(=O)Nc2ccccc2Cl)cc1NC(=O)C(C(=O)N1CCc2ccccc21)n1cnc2c(SCC(=O)Oc3ccccc3C)ncnc21. The molecule has 0 radical (unpaired) electrons. The molecule has 1 saturated heterocycles. The van der Waals surface area contributed by atoms with Crippen LogP contribution in [0, 0.1) is 47.0 Å². The van der Waals surface area contributed by atoms with Crippen LogP contribution < -0.4 is 35.4 Å². The molecule has 30 nitrogen and oxygen atoms in total. The van der Waals surface area contributed by atoms with Crippen molar-refractivity contribution >= 4 is 195 Å². The topological polar surface area (TPSA) is 370 Å². The molecular formula is C87H81Cl4N19O11S3. The molecule has 13 aromatic rings. The van der Waals surface area contributed by atoms with Gasteiger partial charge in [-0.1, -0.05) is 169 Å². The number of ketones is 1. The molecule has 2 fully saturated rings. The number of carbonyl (C=O) groups is 7. The Labute approximate surface area is 740 Å². The van der Waals surface area contributed by atoms with Gasteiger partial charge >= 0.3 is 11.9 Å². The van der Waals surface area contributed by atoms with E-state index in [1.54, 1.807) is 84.2 Å². The summed E-state index contributed by atoms with van der Waals surface area (Å²) >= 11 is 27.3. The average molecular weight is 1810 g/mol. The third kappa shape index (κ3) is 19.2. The molecule has 636 valence electrons. The van der Waals surface area contributed by atoms with Gasteiger partial charge in [0, 0.05) is 28.4 Å². The molecule has 4 amide bonds. The van der Waals surface area contributed by atoms with E-state index in [9.17, 15) is 42.0 Å². The number of esters is 2. The van der Waals surface area contributed by atoms with Crippen molar-refractivity contribution in [3.8, 4) is 5.75 Å². The molecular weight excluding hydrogens is 1730 g/mol. The van der Waals surface area contributed by atoms with Crippen LogP contribution in [-0.4, -0.2) is 139 Å².